The normalized spacial score (nSPS) is 18.8. The Labute approximate surface area is 183 Å². The molecule has 3 aromatic rings. The Kier molecular flexibility index (Phi) is 6.89. The van der Waals surface area contributed by atoms with Crippen molar-refractivity contribution < 1.29 is 31.8 Å². The fourth-order valence-corrected chi connectivity index (χ4v) is 3.71. The fourth-order valence-electron chi connectivity index (χ4n) is 3.71. The Bertz CT molecular complexity index is 1100. The number of rotatable bonds is 7. The molecule has 0 unspecified atom stereocenters. The second kappa shape index (κ2) is 9.81. The number of halogens is 4. The van der Waals surface area contributed by atoms with Gasteiger partial charge in [-0.2, -0.15) is 0 Å². The maximum absolute atomic E-state index is 15.0. The highest BCUT2D eigenvalue weighted by atomic mass is 19.2. The van der Waals surface area contributed by atoms with Crippen molar-refractivity contribution in [2.24, 2.45) is 0 Å². The van der Waals surface area contributed by atoms with E-state index in [-0.39, 0.29) is 24.5 Å². The van der Waals surface area contributed by atoms with Crippen molar-refractivity contribution in [3.63, 3.8) is 0 Å². The number of fused-ring (bicyclic) bond motifs is 1. The highest BCUT2D eigenvalue weighted by Gasteiger charge is 2.24. The van der Waals surface area contributed by atoms with Gasteiger partial charge >= 0.3 is 0 Å². The number of aryl methyl sites for hydroxylation is 2. The zero-order valence-electron chi connectivity index (χ0n) is 17.3. The Morgan fingerprint density at radius 1 is 0.906 bits per heavy atom. The highest BCUT2D eigenvalue weighted by molar-refractivity contribution is 5.84. The number of hydrogen-bond acceptors (Lipinski definition) is 3. The number of ether oxygens (including phenoxy) is 3. The van der Waals surface area contributed by atoms with Gasteiger partial charge in [-0.3, -0.25) is 0 Å². The summed E-state index contributed by atoms with van der Waals surface area (Å²) in [5.41, 5.74) is 1.44. The first-order chi connectivity index (χ1) is 15.5. The van der Waals surface area contributed by atoms with Gasteiger partial charge in [0.15, 0.2) is 23.7 Å². The number of benzene rings is 3. The minimum absolute atomic E-state index is 0.159. The molecule has 168 valence electrons. The minimum Gasteiger partial charge on any atom is -0.369 e. The van der Waals surface area contributed by atoms with Crippen molar-refractivity contribution in [2.45, 2.75) is 25.2 Å². The Balaban J connectivity index is 1.46. The smallest absolute Gasteiger partial charge is 0.194 e. The molecular weight excluding hydrogens is 424 g/mol. The topological polar surface area (TPSA) is 27.7 Å². The lowest BCUT2D eigenvalue weighted by atomic mass is 9.98. The molecule has 0 atom stereocenters. The predicted molar refractivity (Wildman–Crippen MR) is 112 cm³/mol. The molecule has 3 aromatic carbocycles. The summed E-state index contributed by atoms with van der Waals surface area (Å²) < 4.78 is 71.9. The molecule has 1 heterocycles. The van der Waals surface area contributed by atoms with Gasteiger partial charge < -0.3 is 14.2 Å². The Morgan fingerprint density at radius 2 is 1.62 bits per heavy atom. The van der Waals surface area contributed by atoms with Crippen molar-refractivity contribution >= 4 is 10.8 Å². The molecule has 32 heavy (non-hydrogen) atoms. The van der Waals surface area contributed by atoms with Crippen LogP contribution in [-0.4, -0.2) is 25.9 Å². The van der Waals surface area contributed by atoms with Crippen molar-refractivity contribution in [2.75, 3.05) is 19.8 Å². The van der Waals surface area contributed by atoms with Crippen LogP contribution in [0.5, 0.6) is 0 Å². The van der Waals surface area contributed by atoms with E-state index in [4.69, 9.17) is 14.2 Å². The molecule has 0 amide bonds. The van der Waals surface area contributed by atoms with E-state index in [1.807, 2.05) is 6.07 Å². The van der Waals surface area contributed by atoms with Gasteiger partial charge in [-0.1, -0.05) is 30.3 Å². The van der Waals surface area contributed by atoms with E-state index in [9.17, 15) is 13.2 Å². The molecular formula is C25H22F4O3. The molecule has 1 saturated heterocycles. The summed E-state index contributed by atoms with van der Waals surface area (Å²) in [5, 5.41) is 1.10. The lowest BCUT2D eigenvalue weighted by Gasteiger charge is -2.29. The second-order valence-corrected chi connectivity index (χ2v) is 7.64. The third-order valence-electron chi connectivity index (χ3n) is 5.37. The molecule has 0 aliphatic carbocycles. The SMILES string of the molecule is C=CCOC1COC(c2ccc3c(F)c(CCc4cc(F)c(F)c(F)c4)ccc3c2)OC1. The fraction of sp³-hybridized carbons (Fsp3) is 0.280. The molecule has 3 nitrogen and oxygen atoms in total. The highest BCUT2D eigenvalue weighted by Crippen LogP contribution is 2.29. The molecule has 4 rings (SSSR count). The van der Waals surface area contributed by atoms with Gasteiger partial charge in [-0.05, 0) is 47.6 Å². The van der Waals surface area contributed by atoms with Crippen LogP contribution in [0.25, 0.3) is 10.8 Å². The van der Waals surface area contributed by atoms with Gasteiger partial charge in [0.1, 0.15) is 11.9 Å². The summed E-state index contributed by atoms with van der Waals surface area (Å²) in [6, 6.07) is 10.5. The van der Waals surface area contributed by atoms with E-state index in [1.54, 1.807) is 30.3 Å². The van der Waals surface area contributed by atoms with Crippen molar-refractivity contribution in [1.82, 2.24) is 0 Å². The zero-order chi connectivity index (χ0) is 22.7. The maximum atomic E-state index is 15.0. The van der Waals surface area contributed by atoms with Gasteiger partial charge in [0.2, 0.25) is 0 Å². The molecule has 1 aliphatic heterocycles. The van der Waals surface area contributed by atoms with Crippen LogP contribution in [-0.2, 0) is 27.1 Å². The van der Waals surface area contributed by atoms with E-state index in [2.05, 4.69) is 6.58 Å². The third kappa shape index (κ3) is 4.85. The summed E-state index contributed by atoms with van der Waals surface area (Å²) in [6.45, 7) is 4.79. The van der Waals surface area contributed by atoms with Gasteiger partial charge in [0.05, 0.1) is 19.8 Å². The average Bonchev–Trinajstić information content (AvgIpc) is 2.81. The lowest BCUT2D eigenvalue weighted by Crippen LogP contribution is -2.33. The quantitative estimate of drug-likeness (QED) is 0.261. The van der Waals surface area contributed by atoms with Crippen LogP contribution in [0.4, 0.5) is 17.6 Å². The largest absolute Gasteiger partial charge is 0.369 e. The predicted octanol–water partition coefficient (Wildman–Crippen LogP) is 5.80. The van der Waals surface area contributed by atoms with E-state index < -0.39 is 29.6 Å². The first-order valence-electron chi connectivity index (χ1n) is 10.3. The third-order valence-corrected chi connectivity index (χ3v) is 5.37. The van der Waals surface area contributed by atoms with Crippen LogP contribution in [0.2, 0.25) is 0 Å². The molecule has 0 spiro atoms. The molecule has 1 fully saturated rings. The molecule has 0 radical (unpaired) electrons. The summed E-state index contributed by atoms with van der Waals surface area (Å²) >= 11 is 0. The molecule has 1 aliphatic rings. The van der Waals surface area contributed by atoms with Crippen LogP contribution in [0.3, 0.4) is 0 Å². The van der Waals surface area contributed by atoms with E-state index in [0.717, 1.165) is 17.7 Å². The summed E-state index contributed by atoms with van der Waals surface area (Å²) in [5.74, 6) is -4.41. The van der Waals surface area contributed by atoms with Crippen molar-refractivity contribution in [1.29, 1.82) is 0 Å². The van der Waals surface area contributed by atoms with E-state index >= 15 is 4.39 Å². The Hall–Kier alpha value is -2.74. The van der Waals surface area contributed by atoms with E-state index in [1.165, 1.54) is 0 Å². The molecule has 0 bridgehead atoms. The van der Waals surface area contributed by atoms with Gasteiger partial charge in [-0.15, -0.1) is 6.58 Å². The lowest BCUT2D eigenvalue weighted by molar-refractivity contribution is -0.228. The first-order valence-corrected chi connectivity index (χ1v) is 10.3. The summed E-state index contributed by atoms with van der Waals surface area (Å²) in [4.78, 5) is 0. The van der Waals surface area contributed by atoms with Gasteiger partial charge in [-0.25, -0.2) is 17.6 Å². The molecule has 0 N–H and O–H groups in total. The van der Waals surface area contributed by atoms with E-state index in [0.29, 0.717) is 36.2 Å². The second-order valence-electron chi connectivity index (χ2n) is 7.64. The molecule has 0 saturated carbocycles. The Morgan fingerprint density at radius 3 is 2.31 bits per heavy atom. The van der Waals surface area contributed by atoms with Crippen LogP contribution < -0.4 is 0 Å². The van der Waals surface area contributed by atoms with Gasteiger partial charge in [0.25, 0.3) is 0 Å². The van der Waals surface area contributed by atoms with Crippen molar-refractivity contribution in [3.8, 4) is 0 Å². The summed E-state index contributed by atoms with van der Waals surface area (Å²) in [6.07, 6.45) is 1.33. The van der Waals surface area contributed by atoms with Crippen LogP contribution in [0.15, 0.2) is 55.1 Å². The monoisotopic (exact) mass is 446 g/mol. The van der Waals surface area contributed by atoms with Crippen LogP contribution in [0.1, 0.15) is 23.0 Å². The first kappa shape index (κ1) is 22.5. The zero-order valence-corrected chi connectivity index (χ0v) is 17.3. The van der Waals surface area contributed by atoms with Gasteiger partial charge in [0, 0.05) is 10.9 Å². The van der Waals surface area contributed by atoms with Crippen molar-refractivity contribution in [3.05, 3.63) is 95.1 Å². The van der Waals surface area contributed by atoms with Crippen LogP contribution in [0, 0.1) is 23.3 Å². The minimum atomic E-state index is -1.51. The molecule has 0 aromatic heterocycles. The van der Waals surface area contributed by atoms with Crippen LogP contribution >= 0.6 is 0 Å². The standard InChI is InChI=1S/C25H22F4O3/c1-2-9-30-19-13-31-25(32-14-19)18-7-8-20-17(12-18)6-5-16(23(20)28)4-3-15-10-21(26)24(29)22(27)11-15/h2,5-8,10-12,19,25H,1,3-4,9,13-14H2. The summed E-state index contributed by atoms with van der Waals surface area (Å²) in [7, 11) is 0. The average molecular weight is 446 g/mol. The molecule has 7 heteroatoms. The number of hydrogen-bond donors (Lipinski definition) is 0. The maximum Gasteiger partial charge on any atom is 0.194 e.